The van der Waals surface area contributed by atoms with Gasteiger partial charge in [0.2, 0.25) is 10.0 Å². The number of halogens is 1. The van der Waals surface area contributed by atoms with Crippen LogP contribution in [0, 0.1) is 19.7 Å². The van der Waals surface area contributed by atoms with E-state index >= 15 is 0 Å². The number of piperidine rings is 1. The quantitative estimate of drug-likeness (QED) is 0.776. The van der Waals surface area contributed by atoms with E-state index < -0.39 is 27.5 Å². The number of sulfonamides is 1. The molecule has 31 heavy (non-hydrogen) atoms. The van der Waals surface area contributed by atoms with Crippen LogP contribution in [0.2, 0.25) is 0 Å². The van der Waals surface area contributed by atoms with Crippen molar-refractivity contribution in [3.8, 4) is 0 Å². The molecule has 2 heterocycles. The molecule has 4 rings (SSSR count). The highest BCUT2D eigenvalue weighted by atomic mass is 32.2. The summed E-state index contributed by atoms with van der Waals surface area (Å²) >= 11 is 0. The number of nitrogens with one attached hydrogen (secondary N) is 1. The molecule has 166 valence electrons. The molecule has 1 amide bonds. The summed E-state index contributed by atoms with van der Waals surface area (Å²) < 4.78 is 53.3. The molecule has 2 aromatic rings. The van der Waals surface area contributed by atoms with Gasteiger partial charge in [0.15, 0.2) is 5.79 Å². The summed E-state index contributed by atoms with van der Waals surface area (Å²) in [6.07, 6.45) is 0.848. The lowest BCUT2D eigenvalue weighted by atomic mass is 10.1. The van der Waals surface area contributed by atoms with Crippen LogP contribution in [-0.4, -0.2) is 50.7 Å². The fourth-order valence-corrected chi connectivity index (χ4v) is 5.39. The highest BCUT2D eigenvalue weighted by Gasteiger charge is 2.42. The van der Waals surface area contributed by atoms with Crippen molar-refractivity contribution in [2.24, 2.45) is 0 Å². The van der Waals surface area contributed by atoms with Crippen LogP contribution in [0.15, 0.2) is 41.3 Å². The van der Waals surface area contributed by atoms with Gasteiger partial charge < -0.3 is 14.8 Å². The molecule has 0 radical (unpaired) electrons. The zero-order chi connectivity index (χ0) is 22.2. The molecule has 1 N–H and O–H groups in total. The summed E-state index contributed by atoms with van der Waals surface area (Å²) in [7, 11) is -3.89. The standard InChI is InChI=1S/C22H25FN2O5S/c1-15-4-3-5-20(16(15)2)24-21(26)18-14-17(6-7-19(18)23)31(27,28)25-10-8-22(9-11-25)29-12-13-30-22/h3-7,14H,8-13H2,1-2H3,(H,24,26). The van der Waals surface area contributed by atoms with Crippen LogP contribution in [-0.2, 0) is 19.5 Å². The molecule has 2 aliphatic rings. The Bertz CT molecular complexity index is 1100. The fourth-order valence-electron chi connectivity index (χ4n) is 3.92. The first-order valence-corrected chi connectivity index (χ1v) is 11.6. The van der Waals surface area contributed by atoms with Crippen molar-refractivity contribution in [3.63, 3.8) is 0 Å². The Balaban J connectivity index is 1.55. The second-order valence-corrected chi connectivity index (χ2v) is 9.79. The summed E-state index contributed by atoms with van der Waals surface area (Å²) in [4.78, 5) is 12.6. The Hall–Kier alpha value is -2.33. The van der Waals surface area contributed by atoms with E-state index in [4.69, 9.17) is 9.47 Å². The number of hydrogen-bond acceptors (Lipinski definition) is 5. The number of amides is 1. The van der Waals surface area contributed by atoms with Crippen LogP contribution in [0.3, 0.4) is 0 Å². The first-order valence-electron chi connectivity index (χ1n) is 10.2. The second kappa shape index (κ2) is 8.31. The van der Waals surface area contributed by atoms with Crippen molar-refractivity contribution in [1.29, 1.82) is 0 Å². The molecule has 0 aromatic heterocycles. The molecule has 2 fully saturated rings. The van der Waals surface area contributed by atoms with E-state index in [1.165, 1.54) is 10.4 Å². The maximum Gasteiger partial charge on any atom is 0.258 e. The summed E-state index contributed by atoms with van der Waals surface area (Å²) in [5, 5.41) is 2.68. The first kappa shape index (κ1) is 21.9. The lowest BCUT2D eigenvalue weighted by molar-refractivity contribution is -0.179. The van der Waals surface area contributed by atoms with Crippen molar-refractivity contribution in [3.05, 3.63) is 58.9 Å². The monoisotopic (exact) mass is 448 g/mol. The van der Waals surface area contributed by atoms with Gasteiger partial charge in [-0.3, -0.25) is 4.79 Å². The number of nitrogens with zero attached hydrogens (tertiary/aromatic N) is 1. The minimum atomic E-state index is -3.89. The van der Waals surface area contributed by atoms with E-state index in [2.05, 4.69) is 5.32 Å². The normalized spacial score (nSPS) is 18.9. The third kappa shape index (κ3) is 4.23. The van der Waals surface area contributed by atoms with Gasteiger partial charge in [0.25, 0.3) is 5.91 Å². The largest absolute Gasteiger partial charge is 0.347 e. The second-order valence-electron chi connectivity index (χ2n) is 7.85. The van der Waals surface area contributed by atoms with Crippen LogP contribution >= 0.6 is 0 Å². The molecule has 1 spiro atoms. The molecule has 0 aliphatic carbocycles. The van der Waals surface area contributed by atoms with Crippen molar-refractivity contribution in [2.75, 3.05) is 31.6 Å². The molecular formula is C22H25FN2O5S. The van der Waals surface area contributed by atoms with E-state index in [0.717, 1.165) is 23.3 Å². The summed E-state index contributed by atoms with van der Waals surface area (Å²) in [6, 6.07) is 8.71. The lowest BCUT2D eigenvalue weighted by Gasteiger charge is -2.36. The third-order valence-corrected chi connectivity index (χ3v) is 7.87. The molecule has 0 atom stereocenters. The Labute approximate surface area is 181 Å². The SMILES string of the molecule is Cc1cccc(NC(=O)c2cc(S(=O)(=O)N3CCC4(CC3)OCCO4)ccc2F)c1C. The van der Waals surface area contributed by atoms with Crippen LogP contribution in [0.4, 0.5) is 10.1 Å². The lowest BCUT2D eigenvalue weighted by Crippen LogP contribution is -2.47. The molecule has 2 saturated heterocycles. The number of rotatable bonds is 4. The fraction of sp³-hybridized carbons (Fsp3) is 0.409. The van der Waals surface area contributed by atoms with Gasteiger partial charge in [-0.05, 0) is 49.2 Å². The number of carbonyl (C=O) groups is 1. The van der Waals surface area contributed by atoms with Gasteiger partial charge >= 0.3 is 0 Å². The third-order valence-electron chi connectivity index (χ3n) is 5.97. The van der Waals surface area contributed by atoms with Gasteiger partial charge in [-0.2, -0.15) is 4.31 Å². The molecular weight excluding hydrogens is 423 g/mol. The molecule has 0 unspecified atom stereocenters. The van der Waals surface area contributed by atoms with E-state index in [1.54, 1.807) is 12.1 Å². The molecule has 0 saturated carbocycles. The number of ether oxygens (including phenoxy) is 2. The number of anilines is 1. The average molecular weight is 449 g/mol. The molecule has 0 bridgehead atoms. The van der Waals surface area contributed by atoms with Gasteiger partial charge in [0.05, 0.1) is 23.7 Å². The van der Waals surface area contributed by atoms with Crippen LogP contribution < -0.4 is 5.32 Å². The molecule has 7 nitrogen and oxygen atoms in total. The Morgan fingerprint density at radius 3 is 2.45 bits per heavy atom. The predicted molar refractivity (Wildman–Crippen MR) is 113 cm³/mol. The topological polar surface area (TPSA) is 84.9 Å². The van der Waals surface area contributed by atoms with Gasteiger partial charge in [-0.1, -0.05) is 12.1 Å². The number of benzene rings is 2. The molecule has 2 aromatic carbocycles. The van der Waals surface area contributed by atoms with Gasteiger partial charge in [-0.25, -0.2) is 12.8 Å². The van der Waals surface area contributed by atoms with Gasteiger partial charge in [0.1, 0.15) is 5.82 Å². The zero-order valence-electron chi connectivity index (χ0n) is 17.5. The van der Waals surface area contributed by atoms with Crippen molar-refractivity contribution in [1.82, 2.24) is 4.31 Å². The Morgan fingerprint density at radius 2 is 1.77 bits per heavy atom. The highest BCUT2D eigenvalue weighted by molar-refractivity contribution is 7.89. The van der Waals surface area contributed by atoms with E-state index in [1.807, 2.05) is 19.9 Å². The number of carbonyl (C=O) groups excluding carboxylic acids is 1. The summed E-state index contributed by atoms with van der Waals surface area (Å²) in [5.74, 6) is -2.19. The van der Waals surface area contributed by atoms with Crippen LogP contribution in [0.1, 0.15) is 34.3 Å². The smallest absolute Gasteiger partial charge is 0.258 e. The maximum absolute atomic E-state index is 14.4. The molecule has 2 aliphatic heterocycles. The molecule has 9 heteroatoms. The minimum absolute atomic E-state index is 0.121. The predicted octanol–water partition coefficient (Wildman–Crippen LogP) is 3.22. The Morgan fingerprint density at radius 1 is 1.10 bits per heavy atom. The number of aryl methyl sites for hydroxylation is 1. The van der Waals surface area contributed by atoms with Crippen molar-refractivity contribution < 1.29 is 27.1 Å². The Kier molecular flexibility index (Phi) is 5.87. The highest BCUT2D eigenvalue weighted by Crippen LogP contribution is 2.33. The van der Waals surface area contributed by atoms with Gasteiger partial charge in [-0.15, -0.1) is 0 Å². The summed E-state index contributed by atoms with van der Waals surface area (Å²) in [5.41, 5.74) is 2.07. The van der Waals surface area contributed by atoms with E-state index in [0.29, 0.717) is 31.7 Å². The maximum atomic E-state index is 14.4. The van der Waals surface area contributed by atoms with E-state index in [9.17, 15) is 17.6 Å². The zero-order valence-corrected chi connectivity index (χ0v) is 18.3. The van der Waals surface area contributed by atoms with Crippen molar-refractivity contribution in [2.45, 2.75) is 37.4 Å². The van der Waals surface area contributed by atoms with Crippen LogP contribution in [0.5, 0.6) is 0 Å². The summed E-state index contributed by atoms with van der Waals surface area (Å²) in [6.45, 7) is 5.22. The van der Waals surface area contributed by atoms with Crippen LogP contribution in [0.25, 0.3) is 0 Å². The average Bonchev–Trinajstić information content (AvgIpc) is 3.19. The van der Waals surface area contributed by atoms with Gasteiger partial charge in [0, 0.05) is 31.6 Å². The minimum Gasteiger partial charge on any atom is -0.347 e. The first-order chi connectivity index (χ1) is 14.7. The van der Waals surface area contributed by atoms with E-state index in [-0.39, 0.29) is 23.5 Å². The number of hydrogen-bond donors (Lipinski definition) is 1. The van der Waals surface area contributed by atoms with Crippen molar-refractivity contribution >= 4 is 21.6 Å².